The number of para-hydroxylation sites is 1. The van der Waals surface area contributed by atoms with E-state index in [-0.39, 0.29) is 0 Å². The van der Waals surface area contributed by atoms with Crippen molar-refractivity contribution in [3.8, 4) is 17.0 Å². The monoisotopic (exact) mass is 442 g/mol. The number of anilines is 1. The number of nitrogens with zero attached hydrogens (tertiary/aromatic N) is 3. The Morgan fingerprint density at radius 1 is 1.15 bits per heavy atom. The number of benzene rings is 2. The summed E-state index contributed by atoms with van der Waals surface area (Å²) in [4.78, 5) is 4.72. The second-order valence-electron chi connectivity index (χ2n) is 5.90. The molecule has 0 aliphatic carbocycles. The van der Waals surface area contributed by atoms with Gasteiger partial charge in [-0.2, -0.15) is 9.61 Å². The van der Waals surface area contributed by atoms with E-state index in [0.717, 1.165) is 38.5 Å². The normalized spacial score (nSPS) is 10.9. The first-order valence-corrected chi connectivity index (χ1v) is 9.49. The molecule has 0 unspecified atom stereocenters. The molecule has 2 aromatic heterocycles. The molecule has 4 rings (SSSR count). The van der Waals surface area contributed by atoms with Gasteiger partial charge >= 0.3 is 0 Å². The van der Waals surface area contributed by atoms with Crippen LogP contribution in [-0.2, 0) is 6.54 Å². The van der Waals surface area contributed by atoms with E-state index >= 15 is 0 Å². The number of hydrogen-bond donors (Lipinski definition) is 1. The largest absolute Gasteiger partial charge is 0.496 e. The zero-order chi connectivity index (χ0) is 18.8. The lowest BCUT2D eigenvalue weighted by Crippen LogP contribution is -2.07. The maximum atomic E-state index is 6.38. The number of nitrogens with one attached hydrogen (secondary N) is 1. The molecule has 0 aliphatic heterocycles. The summed E-state index contributed by atoms with van der Waals surface area (Å²) in [6.45, 7) is 0.586. The van der Waals surface area contributed by atoms with Gasteiger partial charge in [-0.1, -0.05) is 48.0 Å². The Kier molecular flexibility index (Phi) is 5.01. The van der Waals surface area contributed by atoms with Crippen molar-refractivity contribution in [2.75, 3.05) is 12.4 Å². The highest BCUT2D eigenvalue weighted by atomic mass is 79.9. The van der Waals surface area contributed by atoms with Crippen LogP contribution in [0.1, 0.15) is 5.56 Å². The lowest BCUT2D eigenvalue weighted by molar-refractivity contribution is 0.410. The van der Waals surface area contributed by atoms with Crippen molar-refractivity contribution in [3.63, 3.8) is 0 Å². The highest BCUT2D eigenvalue weighted by molar-refractivity contribution is 9.10. The summed E-state index contributed by atoms with van der Waals surface area (Å²) < 4.78 is 8.01. The molecule has 0 bridgehead atoms. The Morgan fingerprint density at radius 3 is 2.74 bits per heavy atom. The van der Waals surface area contributed by atoms with E-state index in [0.29, 0.717) is 11.6 Å². The Morgan fingerprint density at radius 2 is 1.93 bits per heavy atom. The van der Waals surface area contributed by atoms with Gasteiger partial charge in [0.2, 0.25) is 0 Å². The van der Waals surface area contributed by atoms with Crippen LogP contribution in [0.2, 0.25) is 5.02 Å². The highest BCUT2D eigenvalue weighted by Gasteiger charge is 2.13. The van der Waals surface area contributed by atoms with Gasteiger partial charge in [-0.15, -0.1) is 0 Å². The third-order valence-electron chi connectivity index (χ3n) is 4.23. The second-order valence-corrected chi connectivity index (χ2v) is 7.16. The summed E-state index contributed by atoms with van der Waals surface area (Å²) in [5.74, 6) is 1.65. The lowest BCUT2D eigenvalue weighted by atomic mass is 10.1. The maximum Gasteiger partial charge on any atom is 0.172 e. The van der Waals surface area contributed by atoms with Gasteiger partial charge in [0, 0.05) is 28.8 Å². The summed E-state index contributed by atoms with van der Waals surface area (Å²) in [7, 11) is 1.67. The van der Waals surface area contributed by atoms with Gasteiger partial charge in [0.25, 0.3) is 0 Å². The quantitative estimate of drug-likeness (QED) is 0.447. The average Bonchev–Trinajstić information content (AvgIpc) is 3.07. The molecule has 7 heteroatoms. The third-order valence-corrected chi connectivity index (χ3v) is 5.12. The van der Waals surface area contributed by atoms with Crippen molar-refractivity contribution in [2.24, 2.45) is 0 Å². The molecule has 0 saturated heterocycles. The summed E-state index contributed by atoms with van der Waals surface area (Å²) in [5.41, 5.74) is 3.41. The summed E-state index contributed by atoms with van der Waals surface area (Å²) in [6, 6.07) is 17.5. The molecule has 4 aromatic rings. The first-order valence-electron chi connectivity index (χ1n) is 8.32. The molecule has 0 amide bonds. The molecule has 0 spiro atoms. The first-order chi connectivity index (χ1) is 13.2. The molecule has 2 heterocycles. The topological polar surface area (TPSA) is 51.5 Å². The fourth-order valence-electron chi connectivity index (χ4n) is 2.90. The molecule has 0 aliphatic rings. The first kappa shape index (κ1) is 17.8. The Hall–Kier alpha value is -2.57. The summed E-state index contributed by atoms with van der Waals surface area (Å²) >= 11 is 9.90. The number of aromatic nitrogens is 3. The van der Waals surface area contributed by atoms with Gasteiger partial charge in [-0.3, -0.25) is 0 Å². The van der Waals surface area contributed by atoms with Crippen LogP contribution >= 0.6 is 27.5 Å². The molecule has 0 fully saturated rings. The van der Waals surface area contributed by atoms with Crippen molar-refractivity contribution in [2.45, 2.75) is 6.54 Å². The van der Waals surface area contributed by atoms with Gasteiger partial charge in [-0.05, 0) is 28.1 Å². The molecule has 5 nitrogen and oxygen atoms in total. The van der Waals surface area contributed by atoms with E-state index in [1.54, 1.807) is 17.8 Å². The van der Waals surface area contributed by atoms with Crippen molar-refractivity contribution in [3.05, 3.63) is 75.9 Å². The minimum atomic E-state index is 0.586. The Bertz CT molecular complexity index is 1110. The van der Waals surface area contributed by atoms with Crippen LogP contribution in [-0.4, -0.2) is 21.7 Å². The summed E-state index contributed by atoms with van der Waals surface area (Å²) in [6.07, 6.45) is 1.73. The Labute approximate surface area is 170 Å². The van der Waals surface area contributed by atoms with Gasteiger partial charge in [0.15, 0.2) is 5.65 Å². The molecule has 1 N–H and O–H groups in total. The molecule has 0 radical (unpaired) electrons. The van der Waals surface area contributed by atoms with E-state index in [9.17, 15) is 0 Å². The van der Waals surface area contributed by atoms with Crippen molar-refractivity contribution in [1.82, 2.24) is 14.6 Å². The number of hydrogen-bond acceptors (Lipinski definition) is 4. The fourth-order valence-corrected chi connectivity index (χ4v) is 3.48. The van der Waals surface area contributed by atoms with E-state index in [1.165, 1.54) is 0 Å². The van der Waals surface area contributed by atoms with Crippen LogP contribution in [0.25, 0.3) is 16.9 Å². The third kappa shape index (κ3) is 3.50. The summed E-state index contributed by atoms with van der Waals surface area (Å²) in [5, 5.41) is 8.50. The van der Waals surface area contributed by atoms with Crippen molar-refractivity contribution >= 4 is 39.0 Å². The van der Waals surface area contributed by atoms with Crippen LogP contribution < -0.4 is 10.1 Å². The van der Waals surface area contributed by atoms with E-state index in [1.807, 2.05) is 54.6 Å². The number of ether oxygens (including phenoxy) is 1. The predicted octanol–water partition coefficient (Wildman–Crippen LogP) is 5.43. The van der Waals surface area contributed by atoms with Gasteiger partial charge in [-0.25, -0.2) is 4.98 Å². The minimum absolute atomic E-state index is 0.586. The van der Waals surface area contributed by atoms with Gasteiger partial charge in [0.05, 0.1) is 23.5 Å². The maximum absolute atomic E-state index is 6.38. The van der Waals surface area contributed by atoms with Crippen LogP contribution in [0.5, 0.6) is 5.75 Å². The molecule has 27 heavy (non-hydrogen) atoms. The van der Waals surface area contributed by atoms with Crippen LogP contribution in [0, 0.1) is 0 Å². The molecule has 0 saturated carbocycles. The van der Waals surface area contributed by atoms with E-state index in [2.05, 4.69) is 26.3 Å². The Balaban J connectivity index is 1.76. The second kappa shape index (κ2) is 7.58. The van der Waals surface area contributed by atoms with E-state index < -0.39 is 0 Å². The van der Waals surface area contributed by atoms with Crippen molar-refractivity contribution < 1.29 is 4.74 Å². The highest BCUT2D eigenvalue weighted by Crippen LogP contribution is 2.30. The smallest absolute Gasteiger partial charge is 0.172 e. The standard InChI is InChI=1S/C20H16BrClN4O/c1-27-18-9-5-2-6-13(18)11-23-19-10-17(14-7-3-4-8-16(14)22)25-20-15(21)12-24-26(19)20/h2-10,12,23H,11H2,1H3. The van der Waals surface area contributed by atoms with Crippen LogP contribution in [0.15, 0.2) is 65.3 Å². The van der Waals surface area contributed by atoms with Crippen LogP contribution in [0.4, 0.5) is 5.82 Å². The molecular weight excluding hydrogens is 428 g/mol. The average molecular weight is 444 g/mol. The predicted molar refractivity (Wildman–Crippen MR) is 111 cm³/mol. The number of methoxy groups -OCH3 is 1. The number of halogens is 2. The zero-order valence-corrected chi connectivity index (χ0v) is 16.8. The minimum Gasteiger partial charge on any atom is -0.496 e. The zero-order valence-electron chi connectivity index (χ0n) is 14.5. The molecule has 136 valence electrons. The van der Waals surface area contributed by atoms with Crippen molar-refractivity contribution in [1.29, 1.82) is 0 Å². The van der Waals surface area contributed by atoms with Crippen LogP contribution in [0.3, 0.4) is 0 Å². The molecular formula is C20H16BrClN4O. The van der Waals surface area contributed by atoms with Gasteiger partial charge in [0.1, 0.15) is 11.6 Å². The molecule has 2 aromatic carbocycles. The lowest BCUT2D eigenvalue weighted by Gasteiger charge is -2.13. The fraction of sp³-hybridized carbons (Fsp3) is 0.100. The van der Waals surface area contributed by atoms with E-state index in [4.69, 9.17) is 21.3 Å². The SMILES string of the molecule is COc1ccccc1CNc1cc(-c2ccccc2Cl)nc2c(Br)cnn12. The number of rotatable bonds is 5. The van der Waals surface area contributed by atoms with Gasteiger partial charge < -0.3 is 10.1 Å². The molecule has 0 atom stereocenters. The number of fused-ring (bicyclic) bond motifs is 1.